The van der Waals surface area contributed by atoms with E-state index in [2.05, 4.69) is 51.0 Å². The number of aromatic nitrogens is 2. The maximum absolute atomic E-state index is 13.5. The van der Waals surface area contributed by atoms with Gasteiger partial charge < -0.3 is 20.3 Å². The van der Waals surface area contributed by atoms with E-state index in [-0.39, 0.29) is 18.3 Å². The van der Waals surface area contributed by atoms with E-state index in [9.17, 15) is 9.18 Å². The molecular formula is C32H27ClFN5O2. The van der Waals surface area contributed by atoms with E-state index in [1.807, 2.05) is 18.2 Å². The second-order valence-electron chi connectivity index (χ2n) is 10.4. The highest BCUT2D eigenvalue weighted by atomic mass is 35.5. The summed E-state index contributed by atoms with van der Waals surface area (Å²) in [6.45, 7) is 5.91. The van der Waals surface area contributed by atoms with Crippen LogP contribution < -0.4 is 15.4 Å². The molecule has 3 atom stereocenters. The van der Waals surface area contributed by atoms with E-state index < -0.39 is 0 Å². The second kappa shape index (κ2) is 11.2. The minimum Gasteiger partial charge on any atom is -0.487 e. The number of hydrogen-bond donors (Lipinski definition) is 2. The molecule has 6 rings (SSSR count). The monoisotopic (exact) mass is 567 g/mol. The van der Waals surface area contributed by atoms with Crippen LogP contribution in [0.15, 0.2) is 73.6 Å². The Bertz CT molecular complexity index is 1720. The predicted molar refractivity (Wildman–Crippen MR) is 159 cm³/mol. The van der Waals surface area contributed by atoms with Gasteiger partial charge in [-0.2, -0.15) is 0 Å². The van der Waals surface area contributed by atoms with E-state index in [1.165, 1.54) is 24.5 Å². The fraction of sp³-hybridized carbons (Fsp3) is 0.219. The Morgan fingerprint density at radius 2 is 2.02 bits per heavy atom. The van der Waals surface area contributed by atoms with Crippen molar-refractivity contribution in [3.63, 3.8) is 0 Å². The number of benzene rings is 3. The lowest BCUT2D eigenvalue weighted by molar-refractivity contribution is -0.111. The van der Waals surface area contributed by atoms with Crippen molar-refractivity contribution < 1.29 is 13.9 Å². The van der Waals surface area contributed by atoms with Gasteiger partial charge in [-0.3, -0.25) is 4.79 Å². The van der Waals surface area contributed by atoms with Gasteiger partial charge in [0.2, 0.25) is 5.91 Å². The summed E-state index contributed by atoms with van der Waals surface area (Å²) in [6.07, 6.45) is 2.70. The third-order valence-electron chi connectivity index (χ3n) is 7.45. The molecule has 1 amide bonds. The number of anilines is 3. The Labute approximate surface area is 242 Å². The van der Waals surface area contributed by atoms with Crippen LogP contribution in [0.4, 0.5) is 21.6 Å². The van der Waals surface area contributed by atoms with Gasteiger partial charge in [0.1, 0.15) is 30.3 Å². The van der Waals surface area contributed by atoms with Gasteiger partial charge in [-0.25, -0.2) is 14.4 Å². The normalized spacial score (nSPS) is 19.1. The number of carbonyl (C=O) groups excluding carboxylic acids is 1. The summed E-state index contributed by atoms with van der Waals surface area (Å²) >= 11 is 6.49. The van der Waals surface area contributed by atoms with Crippen LogP contribution in [0.25, 0.3) is 10.9 Å². The number of fused-ring (bicyclic) bond motifs is 2. The third-order valence-corrected chi connectivity index (χ3v) is 7.74. The highest BCUT2D eigenvalue weighted by Gasteiger charge is 2.53. The van der Waals surface area contributed by atoms with E-state index in [4.69, 9.17) is 16.3 Å². The number of hydrogen-bond acceptors (Lipinski definition) is 6. The molecule has 1 aliphatic carbocycles. The van der Waals surface area contributed by atoms with Gasteiger partial charge >= 0.3 is 0 Å². The summed E-state index contributed by atoms with van der Waals surface area (Å²) in [4.78, 5) is 23.5. The first-order valence-corrected chi connectivity index (χ1v) is 13.6. The maximum atomic E-state index is 13.5. The molecule has 9 heteroatoms. The molecule has 0 radical (unpaired) electrons. The molecule has 2 fully saturated rings. The molecule has 1 aromatic heterocycles. The molecule has 4 aromatic rings. The highest BCUT2D eigenvalue weighted by Crippen LogP contribution is 2.50. The minimum atomic E-state index is -0.329. The summed E-state index contributed by atoms with van der Waals surface area (Å²) in [7, 11) is 2.14. The van der Waals surface area contributed by atoms with E-state index in [0.717, 1.165) is 13.1 Å². The van der Waals surface area contributed by atoms with Crippen LogP contribution in [0.5, 0.6) is 5.75 Å². The van der Waals surface area contributed by atoms with Gasteiger partial charge in [0.25, 0.3) is 0 Å². The molecule has 1 unspecified atom stereocenters. The van der Waals surface area contributed by atoms with E-state index in [1.54, 1.807) is 24.3 Å². The lowest BCUT2D eigenvalue weighted by Crippen LogP contribution is -2.18. The topological polar surface area (TPSA) is 79.4 Å². The zero-order valence-electron chi connectivity index (χ0n) is 22.3. The Hall–Kier alpha value is -4.45. The van der Waals surface area contributed by atoms with Crippen LogP contribution in [0, 0.1) is 35.4 Å². The van der Waals surface area contributed by atoms with Crippen molar-refractivity contribution in [3.05, 3.63) is 95.5 Å². The molecule has 2 heterocycles. The van der Waals surface area contributed by atoms with Crippen molar-refractivity contribution in [1.82, 2.24) is 14.9 Å². The minimum absolute atomic E-state index is 0.185. The van der Waals surface area contributed by atoms with Crippen LogP contribution >= 0.6 is 11.6 Å². The quantitative estimate of drug-likeness (QED) is 0.210. The number of ether oxygens (including phenoxy) is 1. The summed E-state index contributed by atoms with van der Waals surface area (Å²) in [6, 6.07) is 15.2. The van der Waals surface area contributed by atoms with Crippen molar-refractivity contribution in [1.29, 1.82) is 0 Å². The predicted octanol–water partition coefficient (Wildman–Crippen LogP) is 6.03. The summed E-state index contributed by atoms with van der Waals surface area (Å²) in [5.41, 5.74) is 3.32. The number of piperidine rings is 1. The zero-order valence-corrected chi connectivity index (χ0v) is 23.1. The smallest absolute Gasteiger partial charge is 0.247 e. The van der Waals surface area contributed by atoms with Crippen LogP contribution in [-0.2, 0) is 11.4 Å². The zero-order chi connectivity index (χ0) is 28.5. The summed E-state index contributed by atoms with van der Waals surface area (Å²) in [5, 5.41) is 7.25. The fourth-order valence-corrected chi connectivity index (χ4v) is 5.56. The number of likely N-dealkylation sites (tertiary alicyclic amines) is 1. The van der Waals surface area contributed by atoms with Crippen molar-refractivity contribution in [2.75, 3.05) is 30.8 Å². The number of rotatable bonds is 7. The van der Waals surface area contributed by atoms with Crippen LogP contribution in [0.3, 0.4) is 0 Å². The van der Waals surface area contributed by atoms with Crippen molar-refractivity contribution in [2.24, 2.45) is 17.8 Å². The summed E-state index contributed by atoms with van der Waals surface area (Å²) in [5.74, 6) is 8.72. The molecule has 7 nitrogen and oxygen atoms in total. The molecule has 1 aliphatic heterocycles. The molecule has 206 valence electrons. The number of nitrogens with one attached hydrogen (secondary N) is 2. The molecule has 1 saturated carbocycles. The molecule has 2 N–H and O–H groups in total. The maximum Gasteiger partial charge on any atom is 0.247 e. The van der Waals surface area contributed by atoms with Gasteiger partial charge in [-0.15, -0.1) is 0 Å². The standard InChI is InChI=1S/C32H27ClFN5O2/c1-3-31(40)38-28-14-24-29(12-20(28)7-9-23-25-15-39(2)16-26(23)25)35-18-36-32(24)37-22-8-10-30(27(33)13-22)41-17-19-5-4-6-21(34)11-19/h3-6,8,10-14,18,23,25-26H,1,15-17H2,2H3,(H,38,40)(H,35,36,37)/t23?,25-,26+. The molecule has 41 heavy (non-hydrogen) atoms. The summed E-state index contributed by atoms with van der Waals surface area (Å²) < 4.78 is 19.3. The van der Waals surface area contributed by atoms with Crippen LogP contribution in [0.2, 0.25) is 5.02 Å². The molecule has 2 aliphatic rings. The van der Waals surface area contributed by atoms with Crippen molar-refractivity contribution in [3.8, 4) is 17.6 Å². The first-order valence-electron chi connectivity index (χ1n) is 13.2. The number of carbonyl (C=O) groups is 1. The Balaban J connectivity index is 1.24. The lowest BCUT2D eigenvalue weighted by atomic mass is 10.1. The lowest BCUT2D eigenvalue weighted by Gasteiger charge is -2.13. The Morgan fingerprint density at radius 1 is 1.20 bits per heavy atom. The Morgan fingerprint density at radius 3 is 2.78 bits per heavy atom. The van der Waals surface area contributed by atoms with Crippen LogP contribution in [0.1, 0.15) is 11.1 Å². The number of nitrogens with zero attached hydrogens (tertiary/aromatic N) is 3. The van der Waals surface area contributed by atoms with Gasteiger partial charge in [-0.05, 0) is 73.0 Å². The van der Waals surface area contributed by atoms with E-state index >= 15 is 0 Å². The average Bonchev–Trinajstić information content (AvgIpc) is 3.42. The van der Waals surface area contributed by atoms with Gasteiger partial charge in [0.15, 0.2) is 0 Å². The molecule has 1 saturated heterocycles. The van der Waals surface area contributed by atoms with Crippen LogP contribution in [-0.4, -0.2) is 40.9 Å². The third kappa shape index (κ3) is 5.87. The van der Waals surface area contributed by atoms with Gasteiger partial charge in [0, 0.05) is 30.1 Å². The largest absolute Gasteiger partial charge is 0.487 e. The molecule has 0 spiro atoms. The Kier molecular flexibility index (Phi) is 7.31. The number of amides is 1. The van der Waals surface area contributed by atoms with E-state index in [0.29, 0.717) is 67.7 Å². The second-order valence-corrected chi connectivity index (χ2v) is 10.8. The van der Waals surface area contributed by atoms with Gasteiger partial charge in [-0.1, -0.05) is 42.2 Å². The first kappa shape index (κ1) is 26.8. The molecule has 3 aromatic carbocycles. The highest BCUT2D eigenvalue weighted by molar-refractivity contribution is 6.32. The average molecular weight is 568 g/mol. The first-order chi connectivity index (χ1) is 19.9. The molecule has 0 bridgehead atoms. The van der Waals surface area contributed by atoms with Crippen molar-refractivity contribution in [2.45, 2.75) is 6.61 Å². The number of halogens is 2. The fourth-order valence-electron chi connectivity index (χ4n) is 5.33. The van der Waals surface area contributed by atoms with Gasteiger partial charge in [0.05, 0.1) is 21.8 Å². The molecular weight excluding hydrogens is 541 g/mol. The van der Waals surface area contributed by atoms with Crippen molar-refractivity contribution >= 4 is 45.6 Å². The SMILES string of the molecule is C=CC(=O)Nc1cc2c(Nc3ccc(OCc4cccc(F)c4)c(Cl)c3)ncnc2cc1C#CC1[C@H]2CN(C)C[C@@H]12.